The molecular weight excluding hydrogens is 302 g/mol. The van der Waals surface area contributed by atoms with Crippen LogP contribution in [-0.4, -0.2) is 23.7 Å². The first-order chi connectivity index (χ1) is 9.80. The van der Waals surface area contributed by atoms with E-state index in [1.165, 1.54) is 0 Å². The summed E-state index contributed by atoms with van der Waals surface area (Å²) in [5.74, 6) is 0.155. The van der Waals surface area contributed by atoms with E-state index in [1.807, 2.05) is 52.0 Å². The molecule has 0 saturated carbocycles. The first-order valence-electron chi connectivity index (χ1n) is 6.97. The number of halogens is 1. The topological polar surface area (TPSA) is 48.4 Å². The minimum absolute atomic E-state index is 0. The molecule has 2 rings (SSSR count). The summed E-state index contributed by atoms with van der Waals surface area (Å²) in [6.07, 6.45) is 1.68. The van der Waals surface area contributed by atoms with E-state index in [4.69, 9.17) is 9.47 Å². The van der Waals surface area contributed by atoms with Crippen LogP contribution in [0.4, 0.5) is 0 Å². The van der Waals surface area contributed by atoms with E-state index in [9.17, 15) is 4.79 Å². The van der Waals surface area contributed by atoms with Crippen molar-refractivity contribution in [1.82, 2.24) is 4.98 Å². The van der Waals surface area contributed by atoms with Crippen molar-refractivity contribution in [3.8, 4) is 5.75 Å². The summed E-state index contributed by atoms with van der Waals surface area (Å²) in [4.78, 5) is 16.5. The van der Waals surface area contributed by atoms with Gasteiger partial charge in [0.25, 0.3) is 0 Å². The molecule has 2 aromatic rings. The molecule has 5 heteroatoms. The van der Waals surface area contributed by atoms with E-state index in [-0.39, 0.29) is 24.3 Å². The van der Waals surface area contributed by atoms with E-state index in [0.29, 0.717) is 5.75 Å². The highest BCUT2D eigenvalue weighted by Crippen LogP contribution is 2.25. The number of nitrogens with zero attached hydrogens (tertiary/aromatic N) is 1. The normalized spacial score (nSPS) is 12.4. The summed E-state index contributed by atoms with van der Waals surface area (Å²) in [6.45, 7) is 7.45. The van der Waals surface area contributed by atoms with Gasteiger partial charge in [-0.05, 0) is 51.5 Å². The average Bonchev–Trinajstić information content (AvgIpc) is 2.43. The maximum absolute atomic E-state index is 12.2. The van der Waals surface area contributed by atoms with Gasteiger partial charge in [-0.2, -0.15) is 0 Å². The van der Waals surface area contributed by atoms with Gasteiger partial charge in [0.1, 0.15) is 11.4 Å². The van der Waals surface area contributed by atoms with Gasteiger partial charge in [0.15, 0.2) is 0 Å². The molecule has 0 radical (unpaired) electrons. The fourth-order valence-corrected chi connectivity index (χ4v) is 2.04. The van der Waals surface area contributed by atoms with Gasteiger partial charge >= 0.3 is 5.97 Å². The van der Waals surface area contributed by atoms with Crippen molar-refractivity contribution in [2.75, 3.05) is 7.11 Å². The van der Waals surface area contributed by atoms with Gasteiger partial charge in [-0.15, -0.1) is 12.4 Å². The first kappa shape index (κ1) is 18.2. The predicted octanol–water partition coefficient (Wildman–Crippen LogP) is 4.11. The third-order valence-electron chi connectivity index (χ3n) is 3.18. The van der Waals surface area contributed by atoms with Crippen LogP contribution in [0.5, 0.6) is 5.75 Å². The Morgan fingerprint density at radius 1 is 1.23 bits per heavy atom. The number of hydrogen-bond donors (Lipinski definition) is 0. The van der Waals surface area contributed by atoms with Gasteiger partial charge in [0.2, 0.25) is 0 Å². The number of carbonyl (C=O) groups is 1. The third kappa shape index (κ3) is 4.34. The molecule has 0 saturated heterocycles. The molecule has 0 spiro atoms. The van der Waals surface area contributed by atoms with Gasteiger partial charge in [-0.25, -0.2) is 0 Å². The Morgan fingerprint density at radius 2 is 1.91 bits per heavy atom. The molecule has 1 unspecified atom stereocenters. The van der Waals surface area contributed by atoms with Crippen LogP contribution in [0.15, 0.2) is 30.5 Å². The van der Waals surface area contributed by atoms with E-state index in [0.717, 1.165) is 16.5 Å². The average molecular weight is 324 g/mol. The van der Waals surface area contributed by atoms with E-state index >= 15 is 0 Å². The number of rotatable bonds is 3. The summed E-state index contributed by atoms with van der Waals surface area (Å²) in [5.41, 5.74) is 1.30. The smallest absolute Gasteiger partial charge is 0.313 e. The largest absolute Gasteiger partial charge is 0.495 e. The summed E-state index contributed by atoms with van der Waals surface area (Å²) < 4.78 is 10.6. The lowest BCUT2D eigenvalue weighted by Gasteiger charge is -2.22. The molecule has 120 valence electrons. The van der Waals surface area contributed by atoms with Crippen molar-refractivity contribution in [3.05, 3.63) is 36.0 Å². The Bertz CT molecular complexity index is 664. The molecule has 1 aromatic heterocycles. The second-order valence-electron chi connectivity index (χ2n) is 6.08. The molecule has 0 aliphatic heterocycles. The van der Waals surface area contributed by atoms with Gasteiger partial charge in [-0.3, -0.25) is 9.78 Å². The Labute approximate surface area is 137 Å². The standard InChI is InChI=1S/C17H21NO3.ClH/c1-11(16(19)21-17(2,3)4)12-6-7-15-13(8-12)9-14(20-5)10-18-15;/h6-11H,1-5H3;1H. The Morgan fingerprint density at radius 3 is 2.50 bits per heavy atom. The van der Waals surface area contributed by atoms with Crippen LogP contribution in [0.3, 0.4) is 0 Å². The zero-order valence-corrected chi connectivity index (χ0v) is 14.4. The predicted molar refractivity (Wildman–Crippen MR) is 89.8 cm³/mol. The number of pyridine rings is 1. The minimum atomic E-state index is -0.479. The van der Waals surface area contributed by atoms with Gasteiger partial charge in [0, 0.05) is 5.39 Å². The molecule has 0 N–H and O–H groups in total. The third-order valence-corrected chi connectivity index (χ3v) is 3.18. The number of benzene rings is 1. The summed E-state index contributed by atoms with van der Waals surface area (Å²) in [5, 5.41) is 0.947. The monoisotopic (exact) mass is 323 g/mol. The maximum Gasteiger partial charge on any atom is 0.313 e. The van der Waals surface area contributed by atoms with E-state index < -0.39 is 5.60 Å². The summed E-state index contributed by atoms with van der Waals surface area (Å²) >= 11 is 0. The lowest BCUT2D eigenvalue weighted by atomic mass is 9.99. The van der Waals surface area contributed by atoms with Crippen LogP contribution in [0.25, 0.3) is 10.9 Å². The van der Waals surface area contributed by atoms with Crippen molar-refractivity contribution in [2.24, 2.45) is 0 Å². The molecule has 1 atom stereocenters. The number of hydrogen-bond acceptors (Lipinski definition) is 4. The van der Waals surface area contributed by atoms with E-state index in [2.05, 4.69) is 4.98 Å². The van der Waals surface area contributed by atoms with Crippen LogP contribution in [0.2, 0.25) is 0 Å². The number of ether oxygens (including phenoxy) is 2. The molecule has 4 nitrogen and oxygen atoms in total. The van der Waals surface area contributed by atoms with Crippen LogP contribution in [-0.2, 0) is 9.53 Å². The highest BCUT2D eigenvalue weighted by atomic mass is 35.5. The lowest BCUT2D eigenvalue weighted by molar-refractivity contribution is -0.156. The molecule has 0 amide bonds. The highest BCUT2D eigenvalue weighted by molar-refractivity contribution is 5.85. The minimum Gasteiger partial charge on any atom is -0.495 e. The van der Waals surface area contributed by atoms with Gasteiger partial charge in [0.05, 0.1) is 24.7 Å². The van der Waals surface area contributed by atoms with Crippen molar-refractivity contribution in [3.63, 3.8) is 0 Å². The first-order valence-corrected chi connectivity index (χ1v) is 6.97. The molecule has 0 aliphatic carbocycles. The van der Waals surface area contributed by atoms with Gasteiger partial charge in [-0.1, -0.05) is 6.07 Å². The number of methoxy groups -OCH3 is 1. The van der Waals surface area contributed by atoms with Crippen LogP contribution in [0, 0.1) is 0 Å². The van der Waals surface area contributed by atoms with Crippen molar-refractivity contribution >= 4 is 29.3 Å². The number of aromatic nitrogens is 1. The maximum atomic E-state index is 12.2. The molecule has 0 aliphatic rings. The fraction of sp³-hybridized carbons (Fsp3) is 0.412. The van der Waals surface area contributed by atoms with Crippen LogP contribution in [0.1, 0.15) is 39.2 Å². The van der Waals surface area contributed by atoms with Crippen molar-refractivity contribution in [2.45, 2.75) is 39.2 Å². The van der Waals surface area contributed by atoms with Crippen LogP contribution < -0.4 is 4.74 Å². The number of fused-ring (bicyclic) bond motifs is 1. The SMILES string of the molecule is COc1cnc2ccc(C(C)C(=O)OC(C)(C)C)cc2c1.Cl. The molecule has 0 fully saturated rings. The Balaban J connectivity index is 0.00000242. The van der Waals surface area contributed by atoms with Gasteiger partial charge < -0.3 is 9.47 Å². The van der Waals surface area contributed by atoms with Crippen LogP contribution >= 0.6 is 12.4 Å². The number of esters is 1. The fourth-order valence-electron chi connectivity index (χ4n) is 2.04. The van der Waals surface area contributed by atoms with E-state index in [1.54, 1.807) is 13.3 Å². The Hall–Kier alpha value is -1.81. The Kier molecular flexibility index (Phi) is 5.78. The lowest BCUT2D eigenvalue weighted by Crippen LogP contribution is -2.26. The molecule has 1 aromatic carbocycles. The molecule has 0 bridgehead atoms. The highest BCUT2D eigenvalue weighted by Gasteiger charge is 2.23. The molecular formula is C17H22ClNO3. The second kappa shape index (κ2) is 6.97. The second-order valence-corrected chi connectivity index (χ2v) is 6.08. The zero-order valence-electron chi connectivity index (χ0n) is 13.5. The summed E-state index contributed by atoms with van der Waals surface area (Å²) in [6, 6.07) is 7.69. The van der Waals surface area contributed by atoms with Crippen molar-refractivity contribution < 1.29 is 14.3 Å². The molecule has 1 heterocycles. The quantitative estimate of drug-likeness (QED) is 0.797. The molecule has 22 heavy (non-hydrogen) atoms. The number of carbonyl (C=O) groups excluding carboxylic acids is 1. The van der Waals surface area contributed by atoms with Crippen molar-refractivity contribution in [1.29, 1.82) is 0 Å². The summed E-state index contributed by atoms with van der Waals surface area (Å²) in [7, 11) is 1.61. The zero-order chi connectivity index (χ0) is 15.6.